The van der Waals surface area contributed by atoms with Gasteiger partial charge in [-0.25, -0.2) is 0 Å². The predicted octanol–water partition coefficient (Wildman–Crippen LogP) is 3.89. The van der Waals surface area contributed by atoms with Crippen LogP contribution in [0.4, 0.5) is 0 Å². The normalized spacial score (nSPS) is 16.8. The van der Waals surface area contributed by atoms with Gasteiger partial charge in [0.2, 0.25) is 0 Å². The molecule has 0 aromatic heterocycles. The van der Waals surface area contributed by atoms with E-state index >= 15 is 0 Å². The fourth-order valence-corrected chi connectivity index (χ4v) is 3.64. The lowest BCUT2D eigenvalue weighted by Gasteiger charge is -2.35. The topological polar surface area (TPSA) is 15.3 Å². The van der Waals surface area contributed by atoms with Crippen LogP contribution in [-0.4, -0.2) is 37.1 Å². The minimum atomic E-state index is 0.466. The fourth-order valence-electron chi connectivity index (χ4n) is 3.64. The molecular weight excluding hydrogens is 280 g/mol. The lowest BCUT2D eigenvalue weighted by Crippen LogP contribution is -2.43. The molecule has 0 aliphatic carbocycles. The first-order chi connectivity index (χ1) is 11.4. The maximum Gasteiger partial charge on any atom is 0.0217 e. The number of hydrogen-bond acceptors (Lipinski definition) is 2. The Morgan fingerprint density at radius 1 is 0.913 bits per heavy atom. The minimum absolute atomic E-state index is 0.466. The van der Waals surface area contributed by atoms with Crippen molar-refractivity contribution >= 4 is 0 Å². The zero-order valence-corrected chi connectivity index (χ0v) is 14.1. The van der Waals surface area contributed by atoms with E-state index < -0.39 is 0 Å². The molecule has 1 saturated heterocycles. The molecule has 2 heteroatoms. The van der Waals surface area contributed by atoms with Gasteiger partial charge in [0, 0.05) is 18.5 Å². The zero-order valence-electron chi connectivity index (χ0n) is 14.1. The molecule has 0 amide bonds. The molecule has 23 heavy (non-hydrogen) atoms. The number of hydrogen-bond donors (Lipinski definition) is 1. The summed E-state index contributed by atoms with van der Waals surface area (Å²) in [5.74, 6) is 0.466. The summed E-state index contributed by atoms with van der Waals surface area (Å²) in [4.78, 5) is 2.64. The number of rotatable bonds is 6. The van der Waals surface area contributed by atoms with Crippen LogP contribution in [0.5, 0.6) is 0 Å². The van der Waals surface area contributed by atoms with E-state index in [1.165, 1.54) is 37.1 Å². The molecule has 1 fully saturated rings. The van der Waals surface area contributed by atoms with Crippen molar-refractivity contribution in [1.82, 2.24) is 10.2 Å². The molecule has 2 aromatic rings. The molecule has 2 aromatic carbocycles. The Morgan fingerprint density at radius 3 is 1.91 bits per heavy atom. The summed E-state index contributed by atoms with van der Waals surface area (Å²) in [7, 11) is 0. The highest BCUT2D eigenvalue weighted by Crippen LogP contribution is 2.26. The molecule has 3 rings (SSSR count). The van der Waals surface area contributed by atoms with Crippen LogP contribution in [0, 0.1) is 0 Å². The van der Waals surface area contributed by atoms with Crippen molar-refractivity contribution in [2.75, 3.05) is 26.2 Å². The minimum Gasteiger partial charge on any atom is -0.314 e. The van der Waals surface area contributed by atoms with E-state index in [1.807, 2.05) is 0 Å². The van der Waals surface area contributed by atoms with Crippen molar-refractivity contribution in [2.24, 2.45) is 0 Å². The number of nitrogens with zero attached hydrogens (tertiary/aromatic N) is 1. The smallest absolute Gasteiger partial charge is 0.0217 e. The van der Waals surface area contributed by atoms with Crippen molar-refractivity contribution < 1.29 is 0 Å². The second kappa shape index (κ2) is 8.28. The van der Waals surface area contributed by atoms with Crippen LogP contribution in [0.15, 0.2) is 60.7 Å². The Morgan fingerprint density at radius 2 is 1.43 bits per heavy atom. The summed E-state index contributed by atoms with van der Waals surface area (Å²) in [6.07, 6.45) is 2.54. The van der Waals surface area contributed by atoms with Crippen molar-refractivity contribution in [1.29, 1.82) is 0 Å². The van der Waals surface area contributed by atoms with Gasteiger partial charge >= 0.3 is 0 Å². The van der Waals surface area contributed by atoms with E-state index in [0.717, 1.165) is 13.1 Å². The van der Waals surface area contributed by atoms with Gasteiger partial charge in [-0.05, 0) is 43.6 Å². The van der Waals surface area contributed by atoms with Gasteiger partial charge in [-0.1, -0.05) is 67.6 Å². The number of piperidine rings is 1. The van der Waals surface area contributed by atoms with Gasteiger partial charge in [-0.2, -0.15) is 0 Å². The number of nitrogens with one attached hydrogen (secondary N) is 1. The molecule has 1 N–H and O–H groups in total. The predicted molar refractivity (Wildman–Crippen MR) is 97.9 cm³/mol. The molecule has 122 valence electrons. The highest BCUT2D eigenvalue weighted by atomic mass is 15.1. The molecule has 0 radical (unpaired) electrons. The standard InChI is InChI=1S/C21H28N2/c1-2-22-20-13-15-23(16-14-20)17-21(18-9-5-3-6-10-18)19-11-7-4-8-12-19/h3-12,20-22H,2,13-17H2,1H3. The fraction of sp³-hybridized carbons (Fsp3) is 0.429. The molecule has 1 aliphatic heterocycles. The number of benzene rings is 2. The summed E-state index contributed by atoms with van der Waals surface area (Å²) in [5, 5.41) is 3.60. The van der Waals surface area contributed by atoms with Gasteiger partial charge in [0.25, 0.3) is 0 Å². The van der Waals surface area contributed by atoms with Crippen LogP contribution in [0.1, 0.15) is 36.8 Å². The van der Waals surface area contributed by atoms with Crippen LogP contribution in [0.2, 0.25) is 0 Å². The largest absolute Gasteiger partial charge is 0.314 e. The Hall–Kier alpha value is -1.64. The average Bonchev–Trinajstić information content (AvgIpc) is 2.63. The third-order valence-corrected chi connectivity index (χ3v) is 4.93. The van der Waals surface area contributed by atoms with Crippen molar-refractivity contribution in [2.45, 2.75) is 31.7 Å². The van der Waals surface area contributed by atoms with Crippen molar-refractivity contribution in [3.05, 3.63) is 71.8 Å². The summed E-state index contributed by atoms with van der Waals surface area (Å²) in [6.45, 7) is 6.81. The van der Waals surface area contributed by atoms with Gasteiger partial charge in [-0.3, -0.25) is 0 Å². The van der Waals surface area contributed by atoms with Crippen molar-refractivity contribution in [3.8, 4) is 0 Å². The van der Waals surface area contributed by atoms with E-state index in [9.17, 15) is 0 Å². The van der Waals surface area contributed by atoms with E-state index in [2.05, 4.69) is 77.8 Å². The molecule has 0 bridgehead atoms. The molecule has 1 aliphatic rings. The summed E-state index contributed by atoms with van der Waals surface area (Å²) in [5.41, 5.74) is 2.85. The van der Waals surface area contributed by atoms with Crippen LogP contribution in [-0.2, 0) is 0 Å². The first-order valence-electron chi connectivity index (χ1n) is 8.92. The molecule has 2 nitrogen and oxygen atoms in total. The maximum atomic E-state index is 3.60. The molecule has 0 saturated carbocycles. The Labute approximate surface area is 140 Å². The van der Waals surface area contributed by atoms with E-state index in [0.29, 0.717) is 12.0 Å². The van der Waals surface area contributed by atoms with Crippen molar-refractivity contribution in [3.63, 3.8) is 0 Å². The van der Waals surface area contributed by atoms with Crippen LogP contribution >= 0.6 is 0 Å². The van der Waals surface area contributed by atoms with Crippen LogP contribution in [0.3, 0.4) is 0 Å². The summed E-state index contributed by atoms with van der Waals surface area (Å²) < 4.78 is 0. The Bertz CT molecular complexity index is 519. The van der Waals surface area contributed by atoms with E-state index in [1.54, 1.807) is 0 Å². The van der Waals surface area contributed by atoms with Gasteiger partial charge in [0.1, 0.15) is 0 Å². The lowest BCUT2D eigenvalue weighted by atomic mass is 9.90. The highest BCUT2D eigenvalue weighted by molar-refractivity contribution is 5.32. The van der Waals surface area contributed by atoms with E-state index in [-0.39, 0.29) is 0 Å². The van der Waals surface area contributed by atoms with Crippen LogP contribution in [0.25, 0.3) is 0 Å². The third-order valence-electron chi connectivity index (χ3n) is 4.93. The van der Waals surface area contributed by atoms with Gasteiger partial charge in [0.15, 0.2) is 0 Å². The van der Waals surface area contributed by atoms with Crippen LogP contribution < -0.4 is 5.32 Å². The zero-order chi connectivity index (χ0) is 15.9. The first kappa shape index (κ1) is 16.2. The van der Waals surface area contributed by atoms with Gasteiger partial charge < -0.3 is 10.2 Å². The maximum absolute atomic E-state index is 3.60. The Kier molecular flexibility index (Phi) is 5.84. The SMILES string of the molecule is CCNC1CCN(CC(c2ccccc2)c2ccccc2)CC1. The quantitative estimate of drug-likeness (QED) is 0.871. The number of likely N-dealkylation sites (tertiary alicyclic amines) is 1. The second-order valence-electron chi connectivity index (χ2n) is 6.51. The summed E-state index contributed by atoms with van der Waals surface area (Å²) >= 11 is 0. The van der Waals surface area contributed by atoms with E-state index in [4.69, 9.17) is 0 Å². The second-order valence-corrected chi connectivity index (χ2v) is 6.51. The lowest BCUT2D eigenvalue weighted by molar-refractivity contribution is 0.194. The molecule has 1 heterocycles. The monoisotopic (exact) mass is 308 g/mol. The van der Waals surface area contributed by atoms with Gasteiger partial charge in [0.05, 0.1) is 0 Å². The summed E-state index contributed by atoms with van der Waals surface area (Å²) in [6, 6.07) is 22.6. The molecular formula is C21H28N2. The third kappa shape index (κ3) is 4.43. The Balaban J connectivity index is 1.70. The molecule has 0 atom stereocenters. The average molecular weight is 308 g/mol. The molecule has 0 unspecified atom stereocenters. The van der Waals surface area contributed by atoms with Gasteiger partial charge in [-0.15, -0.1) is 0 Å². The highest BCUT2D eigenvalue weighted by Gasteiger charge is 2.22. The first-order valence-corrected chi connectivity index (χ1v) is 8.92. The molecule has 0 spiro atoms.